The van der Waals surface area contributed by atoms with Gasteiger partial charge >= 0.3 is 6.18 Å². The van der Waals surface area contributed by atoms with Crippen molar-refractivity contribution in [2.45, 2.75) is 24.7 Å². The number of aliphatic hydroxyl groups excluding tert-OH is 1. The molecule has 1 aliphatic rings. The van der Waals surface area contributed by atoms with Gasteiger partial charge in [0.05, 0.1) is 11.1 Å². The van der Waals surface area contributed by atoms with E-state index in [0.29, 0.717) is 33.3 Å². The van der Waals surface area contributed by atoms with Crippen LogP contribution in [0.15, 0.2) is 30.7 Å². The highest BCUT2D eigenvalue weighted by Crippen LogP contribution is 2.30. The van der Waals surface area contributed by atoms with Gasteiger partial charge in [-0.05, 0) is 12.1 Å². The van der Waals surface area contributed by atoms with Crippen molar-refractivity contribution in [1.82, 2.24) is 25.3 Å². The molecule has 0 radical (unpaired) electrons. The van der Waals surface area contributed by atoms with E-state index < -0.39 is 30.8 Å². The number of aliphatic hydroxyl groups is 1. The van der Waals surface area contributed by atoms with Crippen molar-refractivity contribution in [2.75, 3.05) is 18.0 Å². The first-order valence-corrected chi connectivity index (χ1v) is 9.34. The summed E-state index contributed by atoms with van der Waals surface area (Å²) in [6.07, 6.45) is -0.762. The minimum absolute atomic E-state index is 0.00433. The molecule has 8 nitrogen and oxygen atoms in total. The van der Waals surface area contributed by atoms with E-state index in [0.717, 1.165) is 0 Å². The maximum absolute atomic E-state index is 12.4. The van der Waals surface area contributed by atoms with Gasteiger partial charge in [0.1, 0.15) is 24.1 Å². The Kier molecular flexibility index (Phi) is 5.24. The molecule has 158 valence electrons. The van der Waals surface area contributed by atoms with Crippen LogP contribution < -0.4 is 10.2 Å². The zero-order valence-electron chi connectivity index (χ0n) is 15.3. The van der Waals surface area contributed by atoms with Gasteiger partial charge in [-0.3, -0.25) is 4.79 Å². The van der Waals surface area contributed by atoms with E-state index in [2.05, 4.69) is 19.9 Å². The van der Waals surface area contributed by atoms with E-state index in [1.807, 2.05) is 5.32 Å². The van der Waals surface area contributed by atoms with Crippen LogP contribution in [0.25, 0.3) is 22.4 Å². The summed E-state index contributed by atoms with van der Waals surface area (Å²) in [6.45, 7) is -1.38. The third-order valence-corrected chi connectivity index (χ3v) is 4.93. The molecule has 1 fully saturated rings. The number of β-amino-alcohol motifs (C(OH)–C–C–N with tert-alkyl or cyclic N) is 1. The molecular weight excluding hydrogens is 425 g/mol. The van der Waals surface area contributed by atoms with Gasteiger partial charge in [0.15, 0.2) is 5.82 Å². The number of halogens is 4. The molecule has 1 unspecified atom stereocenters. The molecule has 30 heavy (non-hydrogen) atoms. The lowest BCUT2D eigenvalue weighted by molar-refractivity contribution is -0.139. The van der Waals surface area contributed by atoms with Crippen LogP contribution in [0.4, 0.5) is 19.0 Å². The van der Waals surface area contributed by atoms with E-state index >= 15 is 0 Å². The number of rotatable bonds is 4. The number of pyridine rings is 1. The Labute approximate surface area is 173 Å². The number of carbonyl (C=O) groups excluding carboxylic acids is 1. The van der Waals surface area contributed by atoms with Crippen LogP contribution in [0.3, 0.4) is 0 Å². The second-order valence-corrected chi connectivity index (χ2v) is 7.32. The second-order valence-electron chi connectivity index (χ2n) is 6.88. The first-order valence-electron chi connectivity index (χ1n) is 8.96. The standard InChI is InChI=1S/C18H16ClF3N6O2/c19-9-3-11-12(6-25-15(11)24-5-9)16-23-2-1-14(27-16)28-7-10(29)4-13(28)17(30)26-8-18(20,21)22/h1-3,5-6,10,13,29H,4,7-8H2,(H,24,25)(H,26,30)/t10?,13-/m1/s1. The first kappa shape index (κ1) is 20.4. The SMILES string of the molecule is O=C(NCC(F)(F)F)[C@H]1CC(O)CN1c1ccnc(-c2c[nH]c3ncc(Cl)cc23)n1. The lowest BCUT2D eigenvalue weighted by atomic mass is 10.2. The van der Waals surface area contributed by atoms with Gasteiger partial charge in [-0.2, -0.15) is 13.2 Å². The van der Waals surface area contributed by atoms with Crippen LogP contribution >= 0.6 is 11.6 Å². The maximum atomic E-state index is 12.4. The third-order valence-electron chi connectivity index (χ3n) is 4.72. The molecule has 3 aromatic heterocycles. The van der Waals surface area contributed by atoms with Gasteiger partial charge in [0, 0.05) is 42.5 Å². The number of nitrogens with one attached hydrogen (secondary N) is 2. The zero-order chi connectivity index (χ0) is 21.5. The van der Waals surface area contributed by atoms with E-state index in [4.69, 9.17) is 11.6 Å². The van der Waals surface area contributed by atoms with E-state index in [-0.39, 0.29) is 13.0 Å². The molecule has 1 amide bonds. The Morgan fingerprint density at radius 2 is 2.20 bits per heavy atom. The molecule has 3 aromatic rings. The van der Waals surface area contributed by atoms with Crippen LogP contribution in [0.1, 0.15) is 6.42 Å². The first-order chi connectivity index (χ1) is 14.2. The molecule has 0 aromatic carbocycles. The fourth-order valence-corrected chi connectivity index (χ4v) is 3.58. The summed E-state index contributed by atoms with van der Waals surface area (Å²) in [6, 6.07) is 2.26. The Morgan fingerprint density at radius 3 is 2.97 bits per heavy atom. The van der Waals surface area contributed by atoms with E-state index in [1.54, 1.807) is 12.3 Å². The Balaban J connectivity index is 1.63. The van der Waals surface area contributed by atoms with Gasteiger partial charge in [-0.1, -0.05) is 11.6 Å². The average Bonchev–Trinajstić information content (AvgIpc) is 3.29. The number of carbonyl (C=O) groups is 1. The number of hydrogen-bond acceptors (Lipinski definition) is 6. The summed E-state index contributed by atoms with van der Waals surface area (Å²) in [7, 11) is 0. The van der Waals surface area contributed by atoms with Crippen molar-refractivity contribution < 1.29 is 23.1 Å². The monoisotopic (exact) mass is 440 g/mol. The van der Waals surface area contributed by atoms with Gasteiger partial charge in [0.2, 0.25) is 5.91 Å². The summed E-state index contributed by atoms with van der Waals surface area (Å²) in [5, 5.41) is 13.0. The quantitative estimate of drug-likeness (QED) is 0.574. The molecule has 0 spiro atoms. The van der Waals surface area contributed by atoms with Crippen molar-refractivity contribution >= 4 is 34.4 Å². The molecule has 0 saturated carbocycles. The predicted octanol–water partition coefficient (Wildman–Crippen LogP) is 2.29. The van der Waals surface area contributed by atoms with Gasteiger partial charge in [-0.15, -0.1) is 0 Å². The number of nitrogens with zero attached hydrogens (tertiary/aromatic N) is 4. The van der Waals surface area contributed by atoms with Gasteiger partial charge < -0.3 is 20.3 Å². The number of fused-ring (bicyclic) bond motifs is 1. The molecule has 3 N–H and O–H groups in total. The number of hydrogen-bond donors (Lipinski definition) is 3. The lowest BCUT2D eigenvalue weighted by Gasteiger charge is -2.25. The molecule has 0 bridgehead atoms. The van der Waals surface area contributed by atoms with Gasteiger partial charge in [0.25, 0.3) is 0 Å². The highest BCUT2D eigenvalue weighted by Gasteiger charge is 2.38. The summed E-state index contributed by atoms with van der Waals surface area (Å²) in [5.41, 5.74) is 1.21. The highest BCUT2D eigenvalue weighted by molar-refractivity contribution is 6.31. The van der Waals surface area contributed by atoms with Crippen LogP contribution in [0.5, 0.6) is 0 Å². The molecule has 2 atom stereocenters. The van der Waals surface area contributed by atoms with E-state index in [9.17, 15) is 23.1 Å². The Hall–Kier alpha value is -2.92. The second kappa shape index (κ2) is 7.73. The summed E-state index contributed by atoms with van der Waals surface area (Å²) in [5.74, 6) is -0.196. The van der Waals surface area contributed by atoms with Crippen molar-refractivity contribution in [3.05, 3.63) is 35.7 Å². The number of alkyl halides is 3. The smallest absolute Gasteiger partial charge is 0.391 e. The van der Waals surface area contributed by atoms with Crippen LogP contribution in [0, 0.1) is 0 Å². The fourth-order valence-electron chi connectivity index (χ4n) is 3.42. The van der Waals surface area contributed by atoms with Crippen molar-refractivity contribution in [1.29, 1.82) is 0 Å². The topological polar surface area (TPSA) is 107 Å². The number of anilines is 1. The maximum Gasteiger partial charge on any atom is 0.405 e. The third kappa shape index (κ3) is 4.17. The minimum Gasteiger partial charge on any atom is -0.391 e. The van der Waals surface area contributed by atoms with Crippen molar-refractivity contribution in [2.24, 2.45) is 0 Å². The lowest BCUT2D eigenvalue weighted by Crippen LogP contribution is -2.46. The molecule has 1 saturated heterocycles. The van der Waals surface area contributed by atoms with Gasteiger partial charge in [-0.25, -0.2) is 15.0 Å². The number of aromatic nitrogens is 4. The fraction of sp³-hybridized carbons (Fsp3) is 0.333. The molecule has 1 aliphatic heterocycles. The predicted molar refractivity (Wildman–Crippen MR) is 103 cm³/mol. The molecule has 4 rings (SSSR count). The van der Waals surface area contributed by atoms with Crippen LogP contribution in [0.2, 0.25) is 5.02 Å². The highest BCUT2D eigenvalue weighted by atomic mass is 35.5. The van der Waals surface area contributed by atoms with Crippen molar-refractivity contribution in [3.8, 4) is 11.4 Å². The molecular formula is C18H16ClF3N6O2. The number of amides is 1. The molecule has 4 heterocycles. The number of aromatic amines is 1. The summed E-state index contributed by atoms with van der Waals surface area (Å²) >= 11 is 6.02. The Morgan fingerprint density at radius 1 is 1.40 bits per heavy atom. The Bertz CT molecular complexity index is 1090. The van der Waals surface area contributed by atoms with Crippen LogP contribution in [-0.2, 0) is 4.79 Å². The van der Waals surface area contributed by atoms with Crippen LogP contribution in [-0.4, -0.2) is 62.4 Å². The zero-order valence-corrected chi connectivity index (χ0v) is 16.1. The largest absolute Gasteiger partial charge is 0.405 e. The van der Waals surface area contributed by atoms with E-state index in [1.165, 1.54) is 23.4 Å². The summed E-state index contributed by atoms with van der Waals surface area (Å²) in [4.78, 5) is 29.7. The van der Waals surface area contributed by atoms with Crippen molar-refractivity contribution in [3.63, 3.8) is 0 Å². The minimum atomic E-state index is -4.52. The average molecular weight is 441 g/mol. The molecule has 12 heteroatoms. The summed E-state index contributed by atoms with van der Waals surface area (Å²) < 4.78 is 37.3. The normalized spacial score (nSPS) is 19.4. The number of H-pyrrole nitrogens is 1. The molecule has 0 aliphatic carbocycles.